The van der Waals surface area contributed by atoms with E-state index in [2.05, 4.69) is 40.7 Å². The molecule has 0 radical (unpaired) electrons. The maximum atomic E-state index is 3.40. The third-order valence-corrected chi connectivity index (χ3v) is 5.35. The molecule has 1 saturated carbocycles. The molecule has 1 fully saturated rings. The molecule has 1 aliphatic carbocycles. The molecule has 1 aromatic carbocycles. The maximum Gasteiger partial charge on any atom is 0.0879 e. The molecule has 2 heteroatoms. The predicted molar refractivity (Wildman–Crippen MR) is 82.8 cm³/mol. The third kappa shape index (κ3) is 2.02. The van der Waals surface area contributed by atoms with Crippen LogP contribution in [0.5, 0.6) is 0 Å². The second kappa shape index (κ2) is 5.16. The fraction of sp³-hybridized carbons (Fsp3) is 0.556. The van der Waals surface area contributed by atoms with E-state index >= 15 is 0 Å². The third-order valence-electron chi connectivity index (χ3n) is 5.35. The van der Waals surface area contributed by atoms with Gasteiger partial charge in [-0.15, -0.1) is 0 Å². The molecule has 2 nitrogen and oxygen atoms in total. The molecule has 1 aromatic rings. The molecule has 2 aliphatic heterocycles. The van der Waals surface area contributed by atoms with Crippen molar-refractivity contribution in [2.45, 2.75) is 51.0 Å². The maximum absolute atomic E-state index is 3.40. The zero-order valence-electron chi connectivity index (χ0n) is 12.1. The minimum Gasteiger partial charge on any atom is -0.372 e. The number of hydrogen-bond acceptors (Lipinski definition) is 2. The molecule has 0 spiro atoms. The summed E-state index contributed by atoms with van der Waals surface area (Å²) >= 11 is 0. The van der Waals surface area contributed by atoms with Crippen molar-refractivity contribution in [3.05, 3.63) is 41.6 Å². The van der Waals surface area contributed by atoms with E-state index in [1.807, 2.05) is 0 Å². The standard InChI is InChI=1S/C18H24N2/c1-2-6-14(7-3-1)10-11-17-15-8-4-5-9-16(15)18-12-19-13-20(17)18/h4-5,8-9,12,14,17,19H,1-3,6-7,10-11,13H2. The second-order valence-corrected chi connectivity index (χ2v) is 6.55. The average molecular weight is 268 g/mol. The van der Waals surface area contributed by atoms with Crippen LogP contribution in [-0.2, 0) is 0 Å². The zero-order chi connectivity index (χ0) is 13.4. The van der Waals surface area contributed by atoms with Crippen LogP contribution < -0.4 is 5.32 Å². The predicted octanol–water partition coefficient (Wildman–Crippen LogP) is 4.26. The molecule has 0 aromatic heterocycles. The minimum atomic E-state index is 0.606. The number of nitrogens with zero attached hydrogens (tertiary/aromatic N) is 1. The van der Waals surface area contributed by atoms with Crippen molar-refractivity contribution >= 4 is 5.70 Å². The lowest BCUT2D eigenvalue weighted by Gasteiger charge is -2.27. The van der Waals surface area contributed by atoms with Crippen LogP contribution in [0, 0.1) is 5.92 Å². The number of fused-ring (bicyclic) bond motifs is 3. The number of rotatable bonds is 3. The molecular formula is C18H24N2. The van der Waals surface area contributed by atoms with Crippen LogP contribution in [0.2, 0.25) is 0 Å². The largest absolute Gasteiger partial charge is 0.372 e. The van der Waals surface area contributed by atoms with Gasteiger partial charge in [-0.1, -0.05) is 56.4 Å². The molecule has 0 saturated heterocycles. The highest BCUT2D eigenvalue weighted by atomic mass is 15.3. The summed E-state index contributed by atoms with van der Waals surface area (Å²) in [5.41, 5.74) is 4.41. The lowest BCUT2D eigenvalue weighted by atomic mass is 9.84. The van der Waals surface area contributed by atoms with Crippen molar-refractivity contribution in [1.29, 1.82) is 0 Å². The van der Waals surface area contributed by atoms with Gasteiger partial charge in [0.15, 0.2) is 0 Å². The van der Waals surface area contributed by atoms with Crippen molar-refractivity contribution < 1.29 is 0 Å². The normalized spacial score (nSPS) is 25.1. The van der Waals surface area contributed by atoms with Crippen LogP contribution in [0.1, 0.15) is 62.1 Å². The first-order valence-electron chi connectivity index (χ1n) is 8.23. The van der Waals surface area contributed by atoms with Crippen molar-refractivity contribution in [1.82, 2.24) is 10.2 Å². The van der Waals surface area contributed by atoms with E-state index in [1.54, 1.807) is 5.56 Å². The first-order chi connectivity index (χ1) is 9.93. The number of benzene rings is 1. The first-order valence-corrected chi connectivity index (χ1v) is 8.23. The second-order valence-electron chi connectivity index (χ2n) is 6.55. The summed E-state index contributed by atoms with van der Waals surface area (Å²) in [7, 11) is 0. The van der Waals surface area contributed by atoms with Crippen molar-refractivity contribution in [3.8, 4) is 0 Å². The number of nitrogens with one attached hydrogen (secondary N) is 1. The summed E-state index contributed by atoms with van der Waals surface area (Å²) in [5.74, 6) is 0.986. The summed E-state index contributed by atoms with van der Waals surface area (Å²) < 4.78 is 0. The van der Waals surface area contributed by atoms with Crippen LogP contribution in [0.3, 0.4) is 0 Å². The van der Waals surface area contributed by atoms with Crippen LogP contribution in [-0.4, -0.2) is 11.6 Å². The summed E-state index contributed by atoms with van der Waals surface area (Å²) in [6.07, 6.45) is 12.2. The Morgan fingerprint density at radius 1 is 1.05 bits per heavy atom. The number of hydrogen-bond donors (Lipinski definition) is 1. The van der Waals surface area contributed by atoms with E-state index in [-0.39, 0.29) is 0 Å². The van der Waals surface area contributed by atoms with Gasteiger partial charge in [-0.05, 0) is 24.3 Å². The Morgan fingerprint density at radius 2 is 1.90 bits per heavy atom. The Labute approximate surface area is 121 Å². The molecule has 1 atom stereocenters. The summed E-state index contributed by atoms with van der Waals surface area (Å²) in [6, 6.07) is 9.58. The van der Waals surface area contributed by atoms with Gasteiger partial charge in [0.25, 0.3) is 0 Å². The van der Waals surface area contributed by atoms with Gasteiger partial charge in [0.2, 0.25) is 0 Å². The highest BCUT2D eigenvalue weighted by Gasteiger charge is 2.35. The highest BCUT2D eigenvalue weighted by molar-refractivity contribution is 5.73. The van der Waals surface area contributed by atoms with E-state index in [1.165, 1.54) is 56.2 Å². The lowest BCUT2D eigenvalue weighted by Crippen LogP contribution is -2.24. The van der Waals surface area contributed by atoms with Crippen molar-refractivity contribution in [3.63, 3.8) is 0 Å². The Balaban J connectivity index is 1.51. The van der Waals surface area contributed by atoms with Gasteiger partial charge in [0.1, 0.15) is 0 Å². The van der Waals surface area contributed by atoms with E-state index in [0.29, 0.717) is 6.04 Å². The molecule has 4 rings (SSSR count). The van der Waals surface area contributed by atoms with Gasteiger partial charge in [-0.2, -0.15) is 0 Å². The molecular weight excluding hydrogens is 244 g/mol. The monoisotopic (exact) mass is 268 g/mol. The van der Waals surface area contributed by atoms with Gasteiger partial charge in [-0.3, -0.25) is 0 Å². The van der Waals surface area contributed by atoms with Crippen LogP contribution in [0.25, 0.3) is 5.70 Å². The quantitative estimate of drug-likeness (QED) is 0.881. The summed E-state index contributed by atoms with van der Waals surface area (Å²) in [6.45, 7) is 0.985. The summed E-state index contributed by atoms with van der Waals surface area (Å²) in [4.78, 5) is 2.56. The van der Waals surface area contributed by atoms with Crippen molar-refractivity contribution in [2.75, 3.05) is 6.67 Å². The Morgan fingerprint density at radius 3 is 2.80 bits per heavy atom. The van der Waals surface area contributed by atoms with Gasteiger partial charge >= 0.3 is 0 Å². The Kier molecular flexibility index (Phi) is 3.17. The Hall–Kier alpha value is -1.44. The van der Waals surface area contributed by atoms with E-state index in [4.69, 9.17) is 0 Å². The fourth-order valence-corrected chi connectivity index (χ4v) is 4.29. The van der Waals surface area contributed by atoms with E-state index < -0.39 is 0 Å². The van der Waals surface area contributed by atoms with E-state index in [0.717, 1.165) is 12.6 Å². The van der Waals surface area contributed by atoms with Crippen LogP contribution in [0.4, 0.5) is 0 Å². The smallest absolute Gasteiger partial charge is 0.0879 e. The molecule has 1 unspecified atom stereocenters. The van der Waals surface area contributed by atoms with Crippen molar-refractivity contribution in [2.24, 2.45) is 5.92 Å². The van der Waals surface area contributed by atoms with E-state index in [9.17, 15) is 0 Å². The molecule has 20 heavy (non-hydrogen) atoms. The average Bonchev–Trinajstić information content (AvgIpc) is 3.07. The SMILES string of the molecule is C1=C2c3ccccc3C(CCC3CCCCC3)N2CN1. The topological polar surface area (TPSA) is 15.3 Å². The van der Waals surface area contributed by atoms with Gasteiger partial charge in [-0.25, -0.2) is 0 Å². The molecule has 3 aliphatic rings. The molecule has 2 heterocycles. The van der Waals surface area contributed by atoms with Crippen LogP contribution >= 0.6 is 0 Å². The van der Waals surface area contributed by atoms with Gasteiger partial charge < -0.3 is 10.2 Å². The highest BCUT2D eigenvalue weighted by Crippen LogP contribution is 2.45. The molecule has 106 valence electrons. The summed E-state index contributed by atoms with van der Waals surface area (Å²) in [5, 5.41) is 3.40. The minimum absolute atomic E-state index is 0.606. The lowest BCUT2D eigenvalue weighted by molar-refractivity contribution is 0.261. The van der Waals surface area contributed by atoms with Crippen LogP contribution in [0.15, 0.2) is 30.5 Å². The fourth-order valence-electron chi connectivity index (χ4n) is 4.29. The Bertz CT molecular complexity index is 514. The molecule has 1 N–H and O–H groups in total. The zero-order valence-corrected chi connectivity index (χ0v) is 12.1. The molecule has 0 amide bonds. The first kappa shape index (κ1) is 12.3. The van der Waals surface area contributed by atoms with Gasteiger partial charge in [0.05, 0.1) is 18.4 Å². The molecule has 0 bridgehead atoms. The van der Waals surface area contributed by atoms with Gasteiger partial charge in [0, 0.05) is 11.8 Å².